The highest BCUT2D eigenvalue weighted by Crippen LogP contribution is 2.42. The molecular weight excluding hydrogens is 621 g/mol. The number of hydrogen-bond donors (Lipinski definition) is 0. The van der Waals surface area contributed by atoms with E-state index >= 15 is 0 Å². The van der Waals surface area contributed by atoms with Crippen molar-refractivity contribution in [1.82, 2.24) is 9.13 Å². The first kappa shape index (κ1) is 28.0. The van der Waals surface area contributed by atoms with Crippen molar-refractivity contribution in [2.45, 2.75) is 0 Å². The van der Waals surface area contributed by atoms with Crippen LogP contribution < -0.4 is 0 Å². The number of furan rings is 1. The minimum atomic E-state index is 0.892. The van der Waals surface area contributed by atoms with Crippen molar-refractivity contribution in [3.63, 3.8) is 0 Å². The van der Waals surface area contributed by atoms with E-state index in [0.29, 0.717) is 0 Å². The number of para-hydroxylation sites is 4. The lowest BCUT2D eigenvalue weighted by molar-refractivity contribution is 0.666. The standard InChI is InChI=1S/C48H30N2O/c1-3-13-31(14-4-1)34-29-41-38-19-9-12-22-47(38)51-48(41)46(30-34)50-43-21-11-8-18-37(43)40-28-33(24-26-45(40)50)32-23-25-44-39(27-32)36-17-7-10-20-42(36)49(44)35-15-5-2-6-16-35/h1-30H. The predicted molar refractivity (Wildman–Crippen MR) is 213 cm³/mol. The summed E-state index contributed by atoms with van der Waals surface area (Å²) >= 11 is 0. The number of nitrogens with zero attached hydrogens (tertiary/aromatic N) is 2. The summed E-state index contributed by atoms with van der Waals surface area (Å²) in [4.78, 5) is 0. The van der Waals surface area contributed by atoms with E-state index in [1.165, 1.54) is 55.0 Å². The van der Waals surface area contributed by atoms with Crippen molar-refractivity contribution >= 4 is 65.6 Å². The molecule has 0 fully saturated rings. The third-order valence-corrected chi connectivity index (χ3v) is 10.5. The van der Waals surface area contributed by atoms with Crippen molar-refractivity contribution in [2.24, 2.45) is 0 Å². The molecule has 3 heterocycles. The third kappa shape index (κ3) is 4.19. The van der Waals surface area contributed by atoms with Gasteiger partial charge in [0.25, 0.3) is 0 Å². The Kier molecular flexibility index (Phi) is 5.96. The summed E-state index contributed by atoms with van der Waals surface area (Å²) in [5.74, 6) is 0. The van der Waals surface area contributed by atoms with Gasteiger partial charge < -0.3 is 13.6 Å². The summed E-state index contributed by atoms with van der Waals surface area (Å²) < 4.78 is 11.4. The zero-order valence-electron chi connectivity index (χ0n) is 27.6. The molecule has 0 spiro atoms. The molecule has 0 atom stereocenters. The molecule has 11 aromatic rings. The number of hydrogen-bond acceptors (Lipinski definition) is 1. The second kappa shape index (κ2) is 10.8. The van der Waals surface area contributed by atoms with Crippen LogP contribution in [0.25, 0.3) is 99.2 Å². The average molecular weight is 651 g/mol. The zero-order valence-corrected chi connectivity index (χ0v) is 27.6. The van der Waals surface area contributed by atoms with E-state index in [1.807, 2.05) is 6.07 Å². The second-order valence-corrected chi connectivity index (χ2v) is 13.3. The van der Waals surface area contributed by atoms with Gasteiger partial charge in [0.05, 0.1) is 27.8 Å². The Balaban J connectivity index is 1.15. The van der Waals surface area contributed by atoms with Crippen LogP contribution >= 0.6 is 0 Å². The molecule has 0 N–H and O–H groups in total. The van der Waals surface area contributed by atoms with Gasteiger partial charge in [0.2, 0.25) is 0 Å². The van der Waals surface area contributed by atoms with E-state index < -0.39 is 0 Å². The Hall–Kier alpha value is -6.84. The Bertz CT molecular complexity index is 3130. The van der Waals surface area contributed by atoms with Crippen LogP contribution in [0.5, 0.6) is 0 Å². The van der Waals surface area contributed by atoms with Crippen LogP contribution in [0.4, 0.5) is 0 Å². The Morgan fingerprint density at radius 2 is 0.824 bits per heavy atom. The van der Waals surface area contributed by atoms with Gasteiger partial charge in [0, 0.05) is 38.0 Å². The molecule has 11 rings (SSSR count). The molecule has 3 heteroatoms. The maximum absolute atomic E-state index is 6.68. The molecule has 3 aromatic heterocycles. The maximum Gasteiger partial charge on any atom is 0.159 e. The predicted octanol–water partition coefficient (Wildman–Crippen LogP) is 13.1. The molecule has 238 valence electrons. The van der Waals surface area contributed by atoms with Crippen molar-refractivity contribution in [1.29, 1.82) is 0 Å². The molecule has 51 heavy (non-hydrogen) atoms. The Morgan fingerprint density at radius 1 is 0.314 bits per heavy atom. The molecular formula is C48H30N2O. The van der Waals surface area contributed by atoms with Gasteiger partial charge >= 0.3 is 0 Å². The Labute approximate surface area is 293 Å². The van der Waals surface area contributed by atoms with Crippen LogP contribution in [0, 0.1) is 0 Å². The van der Waals surface area contributed by atoms with Gasteiger partial charge in [-0.25, -0.2) is 0 Å². The third-order valence-electron chi connectivity index (χ3n) is 10.5. The molecule has 0 unspecified atom stereocenters. The maximum atomic E-state index is 6.68. The summed E-state index contributed by atoms with van der Waals surface area (Å²) in [6.45, 7) is 0. The molecule has 8 aromatic carbocycles. The summed E-state index contributed by atoms with van der Waals surface area (Å²) in [6, 6.07) is 65.5. The van der Waals surface area contributed by atoms with Crippen LogP contribution in [-0.4, -0.2) is 9.13 Å². The largest absolute Gasteiger partial charge is 0.454 e. The highest BCUT2D eigenvalue weighted by Gasteiger charge is 2.20. The normalized spacial score (nSPS) is 11.9. The van der Waals surface area contributed by atoms with Gasteiger partial charge in [-0.15, -0.1) is 0 Å². The summed E-state index contributed by atoms with van der Waals surface area (Å²) in [6.07, 6.45) is 0. The average Bonchev–Trinajstić information content (AvgIpc) is 3.85. The molecule has 0 saturated carbocycles. The summed E-state index contributed by atoms with van der Waals surface area (Å²) in [7, 11) is 0. The summed E-state index contributed by atoms with van der Waals surface area (Å²) in [5.41, 5.74) is 13.4. The zero-order chi connectivity index (χ0) is 33.5. The summed E-state index contributed by atoms with van der Waals surface area (Å²) in [5, 5.41) is 7.17. The monoisotopic (exact) mass is 650 g/mol. The highest BCUT2D eigenvalue weighted by atomic mass is 16.3. The van der Waals surface area contributed by atoms with E-state index in [-0.39, 0.29) is 0 Å². The number of aromatic nitrogens is 2. The Morgan fingerprint density at radius 3 is 1.51 bits per heavy atom. The van der Waals surface area contributed by atoms with Crippen molar-refractivity contribution in [2.75, 3.05) is 0 Å². The van der Waals surface area contributed by atoms with Gasteiger partial charge in [0.1, 0.15) is 5.58 Å². The van der Waals surface area contributed by atoms with Gasteiger partial charge in [0.15, 0.2) is 5.58 Å². The van der Waals surface area contributed by atoms with Gasteiger partial charge in [-0.1, -0.05) is 115 Å². The minimum absolute atomic E-state index is 0.892. The molecule has 3 nitrogen and oxygen atoms in total. The highest BCUT2D eigenvalue weighted by molar-refractivity contribution is 6.15. The molecule has 0 bridgehead atoms. The van der Waals surface area contributed by atoms with Crippen LogP contribution in [0.3, 0.4) is 0 Å². The molecule has 0 aliphatic rings. The van der Waals surface area contributed by atoms with Crippen LogP contribution in [-0.2, 0) is 0 Å². The fourth-order valence-electron chi connectivity index (χ4n) is 8.19. The van der Waals surface area contributed by atoms with Crippen LogP contribution in [0.1, 0.15) is 0 Å². The van der Waals surface area contributed by atoms with Gasteiger partial charge in [-0.05, 0) is 89.0 Å². The topological polar surface area (TPSA) is 23.0 Å². The molecule has 0 amide bonds. The van der Waals surface area contributed by atoms with Crippen LogP contribution in [0.2, 0.25) is 0 Å². The van der Waals surface area contributed by atoms with E-state index in [2.05, 4.69) is 185 Å². The van der Waals surface area contributed by atoms with Crippen molar-refractivity contribution in [3.05, 3.63) is 182 Å². The first-order chi connectivity index (χ1) is 25.3. The van der Waals surface area contributed by atoms with Gasteiger partial charge in [-0.2, -0.15) is 0 Å². The lowest BCUT2D eigenvalue weighted by atomic mass is 10.0. The van der Waals surface area contributed by atoms with Crippen LogP contribution in [0.15, 0.2) is 186 Å². The van der Waals surface area contributed by atoms with Gasteiger partial charge in [-0.3, -0.25) is 0 Å². The number of fused-ring (bicyclic) bond motifs is 9. The number of rotatable bonds is 4. The van der Waals surface area contributed by atoms with E-state index in [9.17, 15) is 0 Å². The second-order valence-electron chi connectivity index (χ2n) is 13.3. The van der Waals surface area contributed by atoms with E-state index in [1.54, 1.807) is 0 Å². The fourth-order valence-corrected chi connectivity index (χ4v) is 8.19. The van der Waals surface area contributed by atoms with E-state index in [4.69, 9.17) is 4.42 Å². The van der Waals surface area contributed by atoms with Crippen molar-refractivity contribution < 1.29 is 4.42 Å². The first-order valence-corrected chi connectivity index (χ1v) is 17.4. The van der Waals surface area contributed by atoms with Crippen molar-refractivity contribution in [3.8, 4) is 33.6 Å². The molecule has 0 radical (unpaired) electrons. The molecule has 0 aliphatic carbocycles. The lowest BCUT2D eigenvalue weighted by Gasteiger charge is -2.12. The molecule has 0 aliphatic heterocycles. The molecule has 0 saturated heterocycles. The SMILES string of the molecule is c1ccc(-c2cc(-n3c4ccccc4c4cc(-c5ccc6c(c5)c5ccccc5n6-c5ccccc5)ccc43)c3oc4ccccc4c3c2)cc1. The quantitative estimate of drug-likeness (QED) is 0.186. The minimum Gasteiger partial charge on any atom is -0.454 e. The number of benzene rings is 8. The first-order valence-electron chi connectivity index (χ1n) is 17.4. The fraction of sp³-hybridized carbons (Fsp3) is 0. The lowest BCUT2D eigenvalue weighted by Crippen LogP contribution is -1.95. The van der Waals surface area contributed by atoms with E-state index in [0.717, 1.165) is 44.2 Å². The smallest absolute Gasteiger partial charge is 0.159 e.